The Hall–Kier alpha value is -2.37. The monoisotopic (exact) mass is 273 g/mol. The molecule has 0 saturated heterocycles. The molecule has 0 spiro atoms. The maximum atomic E-state index is 12.1. The van der Waals surface area contributed by atoms with Crippen molar-refractivity contribution in [1.82, 2.24) is 9.78 Å². The van der Waals surface area contributed by atoms with Crippen molar-refractivity contribution in [2.45, 2.75) is 26.3 Å². The van der Waals surface area contributed by atoms with Gasteiger partial charge >= 0.3 is 5.97 Å². The number of carboxylic acid groups (broad SMARTS) is 1. The van der Waals surface area contributed by atoms with Gasteiger partial charge in [0.25, 0.3) is 0 Å². The fraction of sp³-hybridized carbons (Fsp3) is 0.357. The number of hydrogen-bond acceptors (Lipinski definition) is 3. The number of nitrogens with zero attached hydrogens (tertiary/aromatic N) is 2. The smallest absolute Gasteiger partial charge is 0.319 e. The van der Waals surface area contributed by atoms with Crippen molar-refractivity contribution in [3.63, 3.8) is 0 Å². The molecule has 104 valence electrons. The number of nitrogens with one attached hydrogen (secondary N) is 1. The molecule has 1 aromatic carbocycles. The SMILES string of the molecule is CCn1ncc2ccc(NC(=O)C3(C(=O)O)CC3)cc21. The molecule has 2 aromatic rings. The third-order valence-corrected chi connectivity index (χ3v) is 3.80. The molecule has 20 heavy (non-hydrogen) atoms. The molecule has 1 aliphatic carbocycles. The number of carboxylic acids is 1. The molecule has 1 aliphatic rings. The Kier molecular flexibility index (Phi) is 2.74. The van der Waals surface area contributed by atoms with Crippen molar-refractivity contribution in [2.24, 2.45) is 5.41 Å². The Morgan fingerprint density at radius 3 is 2.80 bits per heavy atom. The molecule has 0 bridgehead atoms. The van der Waals surface area contributed by atoms with Gasteiger partial charge in [-0.25, -0.2) is 0 Å². The van der Waals surface area contributed by atoms with Crippen molar-refractivity contribution in [2.75, 3.05) is 5.32 Å². The maximum absolute atomic E-state index is 12.1. The number of hydrogen-bond donors (Lipinski definition) is 2. The number of fused-ring (bicyclic) bond motifs is 1. The summed E-state index contributed by atoms with van der Waals surface area (Å²) < 4.78 is 1.83. The normalized spacial score (nSPS) is 16.1. The van der Waals surface area contributed by atoms with E-state index < -0.39 is 17.3 Å². The fourth-order valence-corrected chi connectivity index (χ4v) is 2.31. The molecule has 0 unspecified atom stereocenters. The summed E-state index contributed by atoms with van der Waals surface area (Å²) in [7, 11) is 0. The van der Waals surface area contributed by atoms with Crippen LogP contribution in [0.15, 0.2) is 24.4 Å². The minimum absolute atomic E-state index is 0.406. The van der Waals surface area contributed by atoms with Gasteiger partial charge in [-0.2, -0.15) is 5.10 Å². The summed E-state index contributed by atoms with van der Waals surface area (Å²) in [6.07, 6.45) is 2.58. The van der Waals surface area contributed by atoms with Crippen LogP contribution in [0, 0.1) is 5.41 Å². The molecule has 1 saturated carbocycles. The Morgan fingerprint density at radius 2 is 2.20 bits per heavy atom. The number of aromatic nitrogens is 2. The van der Waals surface area contributed by atoms with Gasteiger partial charge in [0.05, 0.1) is 11.7 Å². The van der Waals surface area contributed by atoms with Crippen LogP contribution in [-0.2, 0) is 16.1 Å². The van der Waals surface area contributed by atoms with Gasteiger partial charge in [0.1, 0.15) is 5.41 Å². The number of aliphatic carboxylic acids is 1. The highest BCUT2D eigenvalue weighted by molar-refractivity contribution is 6.11. The van der Waals surface area contributed by atoms with E-state index in [1.165, 1.54) is 0 Å². The molecular formula is C14H15N3O3. The predicted octanol–water partition coefficient (Wildman–Crippen LogP) is 1.86. The summed E-state index contributed by atoms with van der Waals surface area (Å²) >= 11 is 0. The highest BCUT2D eigenvalue weighted by Crippen LogP contribution is 2.46. The molecule has 1 amide bonds. The summed E-state index contributed by atoms with van der Waals surface area (Å²) in [6, 6.07) is 5.45. The second-order valence-corrected chi connectivity index (χ2v) is 5.08. The van der Waals surface area contributed by atoms with Gasteiger partial charge in [-0.3, -0.25) is 14.3 Å². The number of aryl methyl sites for hydroxylation is 1. The first-order chi connectivity index (χ1) is 9.56. The molecule has 1 aromatic heterocycles. The zero-order valence-electron chi connectivity index (χ0n) is 11.1. The molecule has 2 N–H and O–H groups in total. The zero-order chi connectivity index (χ0) is 14.3. The molecule has 0 aliphatic heterocycles. The van der Waals surface area contributed by atoms with Crippen LogP contribution in [0.3, 0.4) is 0 Å². The van der Waals surface area contributed by atoms with Crippen LogP contribution in [0.1, 0.15) is 19.8 Å². The molecule has 1 fully saturated rings. The van der Waals surface area contributed by atoms with Gasteiger partial charge in [0, 0.05) is 17.6 Å². The van der Waals surface area contributed by atoms with E-state index in [2.05, 4.69) is 10.4 Å². The van der Waals surface area contributed by atoms with Crippen LogP contribution >= 0.6 is 0 Å². The van der Waals surface area contributed by atoms with E-state index in [4.69, 9.17) is 5.11 Å². The quantitative estimate of drug-likeness (QED) is 0.833. The minimum atomic E-state index is -1.22. The third kappa shape index (κ3) is 1.84. The molecule has 3 rings (SSSR count). The van der Waals surface area contributed by atoms with Crippen molar-refractivity contribution in [1.29, 1.82) is 0 Å². The van der Waals surface area contributed by atoms with Gasteiger partial charge in [-0.1, -0.05) is 0 Å². The van der Waals surface area contributed by atoms with E-state index >= 15 is 0 Å². The second-order valence-electron chi connectivity index (χ2n) is 5.08. The topological polar surface area (TPSA) is 84.2 Å². The van der Waals surface area contributed by atoms with E-state index in [9.17, 15) is 9.59 Å². The summed E-state index contributed by atoms with van der Waals surface area (Å²) in [5.41, 5.74) is 0.302. The maximum Gasteiger partial charge on any atom is 0.319 e. The van der Waals surface area contributed by atoms with E-state index in [0.29, 0.717) is 18.5 Å². The lowest BCUT2D eigenvalue weighted by Gasteiger charge is -2.11. The number of anilines is 1. The summed E-state index contributed by atoms with van der Waals surface area (Å²) in [6.45, 7) is 2.72. The van der Waals surface area contributed by atoms with E-state index in [1.54, 1.807) is 12.3 Å². The Morgan fingerprint density at radius 1 is 1.45 bits per heavy atom. The highest BCUT2D eigenvalue weighted by Gasteiger charge is 2.57. The van der Waals surface area contributed by atoms with Gasteiger partial charge in [-0.05, 0) is 38.0 Å². The van der Waals surface area contributed by atoms with Crippen molar-refractivity contribution in [3.8, 4) is 0 Å². The van der Waals surface area contributed by atoms with E-state index in [1.807, 2.05) is 23.7 Å². The molecule has 0 radical (unpaired) electrons. The van der Waals surface area contributed by atoms with Gasteiger partial charge in [0.15, 0.2) is 0 Å². The van der Waals surface area contributed by atoms with Crippen LogP contribution in [0.5, 0.6) is 0 Å². The van der Waals surface area contributed by atoms with Crippen molar-refractivity contribution in [3.05, 3.63) is 24.4 Å². The summed E-state index contributed by atoms with van der Waals surface area (Å²) in [5, 5.41) is 17.0. The Balaban J connectivity index is 1.88. The zero-order valence-corrected chi connectivity index (χ0v) is 11.1. The first kappa shape index (κ1) is 12.7. The molecule has 1 heterocycles. The largest absolute Gasteiger partial charge is 0.480 e. The lowest BCUT2D eigenvalue weighted by molar-refractivity contribution is -0.147. The average molecular weight is 273 g/mol. The van der Waals surface area contributed by atoms with Crippen molar-refractivity contribution >= 4 is 28.5 Å². The summed E-state index contributed by atoms with van der Waals surface area (Å²) in [4.78, 5) is 23.2. The average Bonchev–Trinajstić information content (AvgIpc) is 3.15. The Labute approximate surface area is 115 Å². The standard InChI is InChI=1S/C14H15N3O3/c1-2-17-11-7-10(4-3-9(11)8-15-17)16-12(18)14(5-6-14)13(19)20/h3-4,7-8H,2,5-6H2,1H3,(H,16,18)(H,19,20). The highest BCUT2D eigenvalue weighted by atomic mass is 16.4. The van der Waals surface area contributed by atoms with E-state index in [0.717, 1.165) is 17.4 Å². The molecular weight excluding hydrogens is 258 g/mol. The molecule has 0 atom stereocenters. The van der Waals surface area contributed by atoms with Gasteiger partial charge in [0.2, 0.25) is 5.91 Å². The van der Waals surface area contributed by atoms with Crippen molar-refractivity contribution < 1.29 is 14.7 Å². The van der Waals surface area contributed by atoms with Crippen LogP contribution < -0.4 is 5.32 Å². The minimum Gasteiger partial charge on any atom is -0.480 e. The van der Waals surface area contributed by atoms with Crippen LogP contribution in [-0.4, -0.2) is 26.8 Å². The third-order valence-electron chi connectivity index (χ3n) is 3.80. The first-order valence-corrected chi connectivity index (χ1v) is 6.57. The number of carbonyl (C=O) groups is 2. The second kappa shape index (κ2) is 4.33. The van der Waals surface area contributed by atoms with Gasteiger partial charge < -0.3 is 10.4 Å². The number of benzene rings is 1. The van der Waals surface area contributed by atoms with Gasteiger partial charge in [-0.15, -0.1) is 0 Å². The van der Waals surface area contributed by atoms with E-state index in [-0.39, 0.29) is 0 Å². The van der Waals surface area contributed by atoms with Crippen LogP contribution in [0.2, 0.25) is 0 Å². The van der Waals surface area contributed by atoms with Crippen LogP contribution in [0.4, 0.5) is 5.69 Å². The number of rotatable bonds is 4. The number of amides is 1. The number of carbonyl (C=O) groups excluding carboxylic acids is 1. The first-order valence-electron chi connectivity index (χ1n) is 6.57. The predicted molar refractivity (Wildman–Crippen MR) is 73.3 cm³/mol. The fourth-order valence-electron chi connectivity index (χ4n) is 2.31. The molecule has 6 nitrogen and oxygen atoms in total. The lowest BCUT2D eigenvalue weighted by atomic mass is 10.1. The Bertz CT molecular complexity index is 701. The lowest BCUT2D eigenvalue weighted by Crippen LogP contribution is -2.31. The van der Waals surface area contributed by atoms with Crippen LogP contribution in [0.25, 0.3) is 10.9 Å². The molecule has 6 heteroatoms. The summed E-state index contributed by atoms with van der Waals surface area (Å²) in [5.74, 6) is -1.48.